The maximum Gasteiger partial charge on any atom is 0.460 e. The monoisotopic (exact) mass is 362 g/mol. The summed E-state index contributed by atoms with van der Waals surface area (Å²) in [6.07, 6.45) is -6.55. The fourth-order valence-corrected chi connectivity index (χ4v) is 2.86. The highest BCUT2D eigenvalue weighted by Gasteiger charge is 2.76. The van der Waals surface area contributed by atoms with Crippen LogP contribution in [0.1, 0.15) is 21.5 Å². The van der Waals surface area contributed by atoms with Gasteiger partial charge in [-0.25, -0.2) is 0 Å². The third-order valence-electron chi connectivity index (χ3n) is 4.13. The Labute approximate surface area is 137 Å². The number of hydrogen-bond acceptors (Lipinski definition) is 1. The molecule has 0 amide bonds. The zero-order chi connectivity index (χ0) is 18.6. The molecule has 3 rings (SSSR count). The lowest BCUT2D eigenvalue weighted by atomic mass is 9.93. The van der Waals surface area contributed by atoms with E-state index in [-0.39, 0.29) is 12.0 Å². The van der Waals surface area contributed by atoms with E-state index in [1.165, 1.54) is 12.1 Å². The summed E-state index contributed by atoms with van der Waals surface area (Å²) in [7, 11) is 0. The third-order valence-corrected chi connectivity index (χ3v) is 4.13. The zero-order valence-electron chi connectivity index (χ0n) is 12.3. The Bertz CT molecular complexity index is 852. The van der Waals surface area contributed by atoms with Crippen LogP contribution in [0.15, 0.2) is 42.5 Å². The number of benzene rings is 2. The van der Waals surface area contributed by atoms with Crippen LogP contribution in [0.25, 0.3) is 11.1 Å². The topological polar surface area (TPSA) is 17.1 Å². The number of alkyl halides is 7. The van der Waals surface area contributed by atoms with Gasteiger partial charge in [-0.2, -0.15) is 30.7 Å². The summed E-state index contributed by atoms with van der Waals surface area (Å²) in [4.78, 5) is 11.9. The first-order chi connectivity index (χ1) is 11.5. The van der Waals surface area contributed by atoms with Gasteiger partial charge in [0.15, 0.2) is 0 Å². The number of halogens is 7. The van der Waals surface area contributed by atoms with Gasteiger partial charge >= 0.3 is 18.0 Å². The molecule has 0 unspecified atom stereocenters. The van der Waals surface area contributed by atoms with Gasteiger partial charge in [-0.1, -0.05) is 42.5 Å². The van der Waals surface area contributed by atoms with E-state index in [2.05, 4.69) is 0 Å². The first-order valence-electron chi connectivity index (χ1n) is 7.06. The SMILES string of the molecule is O=C(c1cccc2c1Cc1ccccc1-2)C(F)(F)C(F)(F)C(F)(F)F. The minimum atomic E-state index is -6.55. The largest absolute Gasteiger partial charge is 0.460 e. The molecule has 25 heavy (non-hydrogen) atoms. The molecular weight excluding hydrogens is 353 g/mol. The summed E-state index contributed by atoms with van der Waals surface area (Å²) < 4.78 is 90.8. The smallest absolute Gasteiger partial charge is 0.287 e. The molecule has 0 spiro atoms. The first-order valence-corrected chi connectivity index (χ1v) is 7.06. The Hall–Kier alpha value is -2.38. The molecule has 0 atom stereocenters. The van der Waals surface area contributed by atoms with E-state index in [0.717, 1.165) is 6.07 Å². The summed E-state index contributed by atoms with van der Waals surface area (Å²) in [5, 5.41) is 0. The van der Waals surface area contributed by atoms with Gasteiger partial charge in [0, 0.05) is 5.56 Å². The number of rotatable bonds is 3. The number of carbonyl (C=O) groups excluding carboxylic acids is 1. The number of Topliss-reactive ketones (excluding diaryl/α,β-unsaturated/α-hetero) is 1. The van der Waals surface area contributed by atoms with Crippen molar-refractivity contribution in [3.8, 4) is 11.1 Å². The third kappa shape index (κ3) is 2.42. The predicted molar refractivity (Wildman–Crippen MR) is 75.0 cm³/mol. The molecular formula is C17H9F7O. The predicted octanol–water partition coefficient (Wildman–Crippen LogP) is 5.27. The fraction of sp³-hybridized carbons (Fsp3) is 0.235. The molecule has 0 heterocycles. The lowest BCUT2D eigenvalue weighted by Crippen LogP contribution is -2.56. The molecule has 132 valence electrons. The van der Waals surface area contributed by atoms with E-state index in [4.69, 9.17) is 0 Å². The highest BCUT2D eigenvalue weighted by atomic mass is 19.4. The summed E-state index contributed by atoms with van der Waals surface area (Å²) >= 11 is 0. The van der Waals surface area contributed by atoms with Crippen LogP contribution in [-0.2, 0) is 6.42 Å². The summed E-state index contributed by atoms with van der Waals surface area (Å²) in [5.41, 5.74) is 0.850. The van der Waals surface area contributed by atoms with Gasteiger partial charge in [-0.15, -0.1) is 0 Å². The Morgan fingerprint density at radius 3 is 2.04 bits per heavy atom. The van der Waals surface area contributed by atoms with E-state index in [9.17, 15) is 35.5 Å². The lowest BCUT2D eigenvalue weighted by molar-refractivity contribution is -0.339. The number of fused-ring (bicyclic) bond motifs is 3. The van der Waals surface area contributed by atoms with Crippen molar-refractivity contribution in [1.29, 1.82) is 0 Å². The van der Waals surface area contributed by atoms with E-state index in [0.29, 0.717) is 16.7 Å². The van der Waals surface area contributed by atoms with E-state index in [1.807, 2.05) is 0 Å². The van der Waals surface area contributed by atoms with Crippen molar-refractivity contribution in [3.05, 3.63) is 59.2 Å². The van der Waals surface area contributed by atoms with Crippen molar-refractivity contribution in [2.75, 3.05) is 0 Å². The molecule has 0 fully saturated rings. The normalized spacial score (nSPS) is 14.2. The minimum Gasteiger partial charge on any atom is -0.287 e. The van der Waals surface area contributed by atoms with Gasteiger partial charge in [0.25, 0.3) is 0 Å². The van der Waals surface area contributed by atoms with Crippen molar-refractivity contribution in [1.82, 2.24) is 0 Å². The second-order valence-corrected chi connectivity index (χ2v) is 5.64. The molecule has 0 radical (unpaired) electrons. The molecule has 0 saturated heterocycles. The molecule has 0 N–H and O–H groups in total. The second-order valence-electron chi connectivity index (χ2n) is 5.64. The molecule has 0 aliphatic heterocycles. The molecule has 0 bridgehead atoms. The highest BCUT2D eigenvalue weighted by Crippen LogP contribution is 2.49. The molecule has 8 heteroatoms. The molecule has 1 aliphatic carbocycles. The quantitative estimate of drug-likeness (QED) is 0.458. The average Bonchev–Trinajstić information content (AvgIpc) is 2.91. The first kappa shape index (κ1) is 17.4. The molecule has 1 nitrogen and oxygen atoms in total. The Morgan fingerprint density at radius 1 is 0.800 bits per heavy atom. The lowest BCUT2D eigenvalue weighted by Gasteiger charge is -2.27. The van der Waals surface area contributed by atoms with Crippen molar-refractivity contribution in [3.63, 3.8) is 0 Å². The van der Waals surface area contributed by atoms with E-state index in [1.54, 1.807) is 24.3 Å². The Kier molecular flexibility index (Phi) is 3.70. The number of hydrogen-bond donors (Lipinski definition) is 0. The Morgan fingerprint density at radius 2 is 1.40 bits per heavy atom. The second kappa shape index (κ2) is 5.31. The zero-order valence-corrected chi connectivity index (χ0v) is 12.3. The van der Waals surface area contributed by atoms with E-state index >= 15 is 0 Å². The van der Waals surface area contributed by atoms with Crippen LogP contribution in [0.3, 0.4) is 0 Å². The Balaban J connectivity index is 2.09. The van der Waals surface area contributed by atoms with Gasteiger partial charge < -0.3 is 0 Å². The van der Waals surface area contributed by atoms with Crippen molar-refractivity contribution >= 4 is 5.78 Å². The maximum absolute atomic E-state index is 13.8. The number of ketones is 1. The van der Waals surface area contributed by atoms with Crippen LogP contribution in [-0.4, -0.2) is 23.8 Å². The number of carbonyl (C=O) groups is 1. The van der Waals surface area contributed by atoms with E-state index < -0.39 is 29.4 Å². The van der Waals surface area contributed by atoms with Crippen LogP contribution in [0, 0.1) is 0 Å². The van der Waals surface area contributed by atoms with Crippen molar-refractivity contribution in [2.45, 2.75) is 24.4 Å². The van der Waals surface area contributed by atoms with Crippen molar-refractivity contribution < 1.29 is 35.5 Å². The van der Waals surface area contributed by atoms with Crippen LogP contribution >= 0.6 is 0 Å². The minimum absolute atomic E-state index is 0.00108. The van der Waals surface area contributed by atoms with Gasteiger partial charge in [0.2, 0.25) is 5.78 Å². The van der Waals surface area contributed by atoms with Gasteiger partial charge in [0.1, 0.15) is 0 Å². The molecule has 2 aromatic carbocycles. The van der Waals surface area contributed by atoms with Crippen LogP contribution in [0.2, 0.25) is 0 Å². The van der Waals surface area contributed by atoms with Crippen LogP contribution in [0.5, 0.6) is 0 Å². The van der Waals surface area contributed by atoms with Gasteiger partial charge in [-0.3, -0.25) is 4.79 Å². The van der Waals surface area contributed by atoms with Crippen molar-refractivity contribution in [2.24, 2.45) is 0 Å². The maximum atomic E-state index is 13.8. The standard InChI is InChI=1S/C17H9F7O/c18-15(19,16(20,21)17(22,23)24)14(25)12-7-3-6-11-10-5-2-1-4-9(10)8-13(11)12/h1-7H,8H2. The highest BCUT2D eigenvalue weighted by molar-refractivity contribution is 6.05. The summed E-state index contributed by atoms with van der Waals surface area (Å²) in [6, 6.07) is 10.2. The molecule has 0 aromatic heterocycles. The molecule has 2 aromatic rings. The van der Waals surface area contributed by atoms with Gasteiger partial charge in [0.05, 0.1) is 0 Å². The summed E-state index contributed by atoms with van der Waals surface area (Å²) in [5.74, 6) is -14.9. The average molecular weight is 362 g/mol. The summed E-state index contributed by atoms with van der Waals surface area (Å²) in [6.45, 7) is 0. The van der Waals surface area contributed by atoms with Crippen LogP contribution in [0.4, 0.5) is 30.7 Å². The van der Waals surface area contributed by atoms with Crippen LogP contribution < -0.4 is 0 Å². The van der Waals surface area contributed by atoms with Gasteiger partial charge in [-0.05, 0) is 28.7 Å². The molecule has 0 saturated carbocycles. The molecule has 1 aliphatic rings. The fourth-order valence-electron chi connectivity index (χ4n) is 2.86.